The van der Waals surface area contributed by atoms with Gasteiger partial charge in [0.2, 0.25) is 11.5 Å². The van der Waals surface area contributed by atoms with Gasteiger partial charge >= 0.3 is 5.97 Å². The number of benzene rings is 2. The number of halogens is 1. The van der Waals surface area contributed by atoms with Crippen LogP contribution in [0.4, 0.5) is 0 Å². The fourth-order valence-corrected chi connectivity index (χ4v) is 3.73. The van der Waals surface area contributed by atoms with Crippen molar-refractivity contribution in [2.45, 2.75) is 13.5 Å². The maximum atomic E-state index is 13.4. The van der Waals surface area contributed by atoms with Gasteiger partial charge in [0.15, 0.2) is 12.4 Å². The van der Waals surface area contributed by atoms with E-state index in [1.54, 1.807) is 52.9 Å². The molecular weight excluding hydrogens is 448 g/mol. The van der Waals surface area contributed by atoms with Crippen molar-refractivity contribution in [3.8, 4) is 11.4 Å². The summed E-state index contributed by atoms with van der Waals surface area (Å²) >= 11 is 6.22. The minimum atomic E-state index is -0.640. The molecule has 0 atom stereocenters. The smallest absolute Gasteiger partial charge is 0.374 e. The Morgan fingerprint density at radius 2 is 1.94 bits per heavy atom. The highest BCUT2D eigenvalue weighted by atomic mass is 35.5. The quantitative estimate of drug-likeness (QED) is 0.349. The van der Waals surface area contributed by atoms with Crippen molar-refractivity contribution in [3.05, 3.63) is 87.8 Å². The number of furan rings is 1. The van der Waals surface area contributed by atoms with Crippen LogP contribution < -0.4 is 10.3 Å². The van der Waals surface area contributed by atoms with E-state index in [1.807, 2.05) is 6.92 Å². The number of hydrogen-bond donors (Lipinski definition) is 0. The highest BCUT2D eigenvalue weighted by Crippen LogP contribution is 2.23. The average molecular weight is 465 g/mol. The molecule has 166 valence electrons. The van der Waals surface area contributed by atoms with Crippen LogP contribution in [0.25, 0.3) is 22.4 Å². The summed E-state index contributed by atoms with van der Waals surface area (Å²) in [6, 6.07) is 15.1. The van der Waals surface area contributed by atoms with Crippen LogP contribution in [0.1, 0.15) is 23.3 Å². The van der Waals surface area contributed by atoms with Crippen molar-refractivity contribution in [2.75, 3.05) is 6.61 Å². The van der Waals surface area contributed by atoms with Gasteiger partial charge in [-0.1, -0.05) is 11.6 Å². The van der Waals surface area contributed by atoms with Gasteiger partial charge in [-0.2, -0.15) is 0 Å². The number of hydrogen-bond acceptors (Lipinski definition) is 7. The fourth-order valence-electron chi connectivity index (χ4n) is 3.56. The first kappa shape index (κ1) is 20.8. The molecule has 5 aromatic rings. The molecule has 0 aliphatic carbocycles. The minimum Gasteiger partial charge on any atom is -0.494 e. The second kappa shape index (κ2) is 8.44. The van der Waals surface area contributed by atoms with Crippen molar-refractivity contribution in [2.24, 2.45) is 0 Å². The van der Waals surface area contributed by atoms with Gasteiger partial charge in [-0.15, -0.1) is 10.2 Å². The monoisotopic (exact) mass is 464 g/mol. The molecule has 0 aliphatic rings. The van der Waals surface area contributed by atoms with Gasteiger partial charge < -0.3 is 13.9 Å². The van der Waals surface area contributed by atoms with Gasteiger partial charge in [0.05, 0.1) is 29.5 Å². The second-order valence-corrected chi connectivity index (χ2v) is 7.47. The Labute approximate surface area is 191 Å². The van der Waals surface area contributed by atoms with Crippen LogP contribution in [-0.2, 0) is 11.3 Å². The van der Waals surface area contributed by atoms with Crippen molar-refractivity contribution in [1.82, 2.24) is 19.2 Å². The first-order chi connectivity index (χ1) is 16.1. The molecule has 3 aromatic heterocycles. The van der Waals surface area contributed by atoms with E-state index in [9.17, 15) is 9.59 Å². The van der Waals surface area contributed by atoms with Gasteiger partial charge in [-0.05, 0) is 61.5 Å². The molecule has 0 saturated carbocycles. The van der Waals surface area contributed by atoms with Crippen molar-refractivity contribution >= 4 is 34.3 Å². The largest absolute Gasteiger partial charge is 0.494 e. The molecule has 0 amide bonds. The fraction of sp³-hybridized carbons (Fsp3) is 0.130. The Morgan fingerprint density at radius 3 is 2.67 bits per heavy atom. The number of carbonyl (C=O) groups is 1. The molecule has 0 bridgehead atoms. The Balaban J connectivity index is 1.66. The first-order valence-corrected chi connectivity index (χ1v) is 10.5. The Bertz CT molecular complexity index is 1520. The lowest BCUT2D eigenvalue weighted by molar-refractivity contribution is 0.0425. The third kappa shape index (κ3) is 3.72. The van der Waals surface area contributed by atoms with E-state index in [-0.39, 0.29) is 23.7 Å². The van der Waals surface area contributed by atoms with E-state index >= 15 is 0 Å². The highest BCUT2D eigenvalue weighted by molar-refractivity contribution is 6.31. The van der Waals surface area contributed by atoms with E-state index in [4.69, 9.17) is 25.5 Å². The first-order valence-electron chi connectivity index (χ1n) is 10.1. The van der Waals surface area contributed by atoms with Crippen LogP contribution in [0.15, 0.2) is 70.1 Å². The lowest BCUT2D eigenvalue weighted by atomic mass is 10.2. The third-order valence-corrected chi connectivity index (χ3v) is 5.24. The maximum Gasteiger partial charge on any atom is 0.374 e. The van der Waals surface area contributed by atoms with Gasteiger partial charge in [-0.3, -0.25) is 9.20 Å². The summed E-state index contributed by atoms with van der Waals surface area (Å²) in [7, 11) is 0. The number of carbonyl (C=O) groups excluding carboxylic acids is 1. The van der Waals surface area contributed by atoms with Gasteiger partial charge in [0, 0.05) is 5.02 Å². The van der Waals surface area contributed by atoms with Crippen LogP contribution in [0.3, 0.4) is 0 Å². The van der Waals surface area contributed by atoms with Crippen LogP contribution >= 0.6 is 11.6 Å². The summed E-state index contributed by atoms with van der Waals surface area (Å²) in [6.45, 7) is 2.24. The molecule has 0 saturated heterocycles. The molecule has 0 unspecified atom stereocenters. The van der Waals surface area contributed by atoms with E-state index in [2.05, 4.69) is 10.2 Å². The Hall–Kier alpha value is -4.11. The topological polar surface area (TPSA) is 101 Å². The summed E-state index contributed by atoms with van der Waals surface area (Å²) in [6.07, 6.45) is 1.38. The number of nitrogens with zero attached hydrogens (tertiary/aromatic N) is 4. The van der Waals surface area contributed by atoms with Crippen molar-refractivity contribution < 1.29 is 18.7 Å². The number of aromatic nitrogens is 4. The van der Waals surface area contributed by atoms with Crippen molar-refractivity contribution in [1.29, 1.82) is 0 Å². The molecule has 5 rings (SSSR count). The predicted octanol–water partition coefficient (Wildman–Crippen LogP) is 4.04. The summed E-state index contributed by atoms with van der Waals surface area (Å²) in [4.78, 5) is 25.6. The van der Waals surface area contributed by atoms with E-state index in [0.717, 1.165) is 0 Å². The maximum absolute atomic E-state index is 13.4. The van der Waals surface area contributed by atoms with E-state index in [0.29, 0.717) is 39.8 Å². The van der Waals surface area contributed by atoms with E-state index < -0.39 is 5.97 Å². The molecule has 3 heterocycles. The predicted molar refractivity (Wildman–Crippen MR) is 120 cm³/mol. The summed E-state index contributed by atoms with van der Waals surface area (Å²) in [5.41, 5.74) is 0.792. The molecule has 0 aliphatic heterocycles. The van der Waals surface area contributed by atoms with Gasteiger partial charge in [0.25, 0.3) is 5.56 Å². The summed E-state index contributed by atoms with van der Waals surface area (Å²) < 4.78 is 19.0. The molecule has 0 fully saturated rings. The van der Waals surface area contributed by atoms with Crippen LogP contribution in [0, 0.1) is 0 Å². The molecule has 9 nitrogen and oxygen atoms in total. The minimum absolute atomic E-state index is 0.0722. The zero-order chi connectivity index (χ0) is 22.9. The number of rotatable bonds is 6. The van der Waals surface area contributed by atoms with Crippen LogP contribution in [-0.4, -0.2) is 31.7 Å². The molecule has 10 heteroatoms. The lowest BCUT2D eigenvalue weighted by Gasteiger charge is -2.12. The summed E-state index contributed by atoms with van der Waals surface area (Å²) in [5.74, 6) is 0.687. The molecule has 0 spiro atoms. The Kier molecular flexibility index (Phi) is 5.31. The van der Waals surface area contributed by atoms with Crippen molar-refractivity contribution in [3.63, 3.8) is 0 Å². The molecule has 0 radical (unpaired) electrons. The third-order valence-electron chi connectivity index (χ3n) is 5.01. The molecule has 0 N–H and O–H groups in total. The van der Waals surface area contributed by atoms with Gasteiger partial charge in [0.1, 0.15) is 5.75 Å². The number of esters is 1. The number of fused-ring (bicyclic) bond motifs is 3. The second-order valence-electron chi connectivity index (χ2n) is 7.03. The number of ether oxygens (including phenoxy) is 2. The highest BCUT2D eigenvalue weighted by Gasteiger charge is 2.20. The normalized spacial score (nSPS) is 11.2. The van der Waals surface area contributed by atoms with Gasteiger partial charge in [-0.25, -0.2) is 9.36 Å². The Morgan fingerprint density at radius 1 is 1.12 bits per heavy atom. The van der Waals surface area contributed by atoms with Crippen LogP contribution in [0.2, 0.25) is 5.02 Å². The lowest BCUT2D eigenvalue weighted by Crippen LogP contribution is -2.22. The molecule has 33 heavy (non-hydrogen) atoms. The SMILES string of the molecule is CCOc1ccc(-n2c(=O)c3ccc(Cl)cc3n3c(COC(=O)c4ccco4)nnc23)cc1. The molecule has 2 aromatic carbocycles. The zero-order valence-corrected chi connectivity index (χ0v) is 18.2. The zero-order valence-electron chi connectivity index (χ0n) is 17.4. The van der Waals surface area contributed by atoms with E-state index in [1.165, 1.54) is 16.9 Å². The van der Waals surface area contributed by atoms with Crippen LogP contribution in [0.5, 0.6) is 5.75 Å². The summed E-state index contributed by atoms with van der Waals surface area (Å²) in [5, 5.41) is 9.24. The molecular formula is C23H17ClN4O5. The standard InChI is InChI=1S/C23H17ClN4O5/c1-2-31-16-8-6-15(7-9-16)27-21(29)17-10-5-14(24)12-18(17)28-20(25-26-23(27)28)13-33-22(30)19-4-3-11-32-19/h3-12H,2,13H2,1H3. The average Bonchev–Trinajstić information content (AvgIpc) is 3.49.